The van der Waals surface area contributed by atoms with E-state index in [2.05, 4.69) is 68.5 Å². The predicted molar refractivity (Wildman–Crippen MR) is 204 cm³/mol. The van der Waals surface area contributed by atoms with E-state index in [1.807, 2.05) is 60.7 Å². The van der Waals surface area contributed by atoms with Gasteiger partial charge < -0.3 is 0 Å². The molecule has 0 N–H and O–H groups in total. The summed E-state index contributed by atoms with van der Waals surface area (Å²) in [5.74, 6) is -0.563. The zero-order valence-corrected chi connectivity index (χ0v) is 27.6. The second-order valence-corrected chi connectivity index (χ2v) is 12.3. The molecule has 52 heavy (non-hydrogen) atoms. The number of rotatable bonds is 4. The molecule has 10 aromatic rings. The van der Waals surface area contributed by atoms with Crippen molar-refractivity contribution in [3.8, 4) is 33.6 Å². The van der Waals surface area contributed by atoms with Crippen LogP contribution in [0, 0.1) is 11.6 Å². The molecule has 248 valence electrons. The molecule has 0 radical (unpaired) electrons. The highest BCUT2D eigenvalue weighted by atomic mass is 19.1. The Hall–Kier alpha value is -7.06. The highest BCUT2D eigenvalue weighted by molar-refractivity contribution is 6.05. The zero-order chi connectivity index (χ0) is 35.0. The molecule has 0 aliphatic rings. The highest BCUT2D eigenvalue weighted by Gasteiger charge is 2.15. The van der Waals surface area contributed by atoms with Gasteiger partial charge in [-0.15, -0.1) is 0 Å². The predicted octanol–water partition coefficient (Wildman–Crippen LogP) is 10.8. The summed E-state index contributed by atoms with van der Waals surface area (Å²) in [5, 5.41) is 1.90. The van der Waals surface area contributed by atoms with E-state index in [0.717, 1.165) is 66.1 Å². The lowest BCUT2D eigenvalue weighted by Gasteiger charge is -2.09. The van der Waals surface area contributed by atoms with E-state index in [1.165, 1.54) is 12.1 Å². The van der Waals surface area contributed by atoms with Crippen molar-refractivity contribution in [3.05, 3.63) is 182 Å². The van der Waals surface area contributed by atoms with E-state index in [1.54, 1.807) is 58.4 Å². The third-order valence-corrected chi connectivity index (χ3v) is 9.19. The number of nitrogens with zero attached hydrogens (tertiary/aromatic N) is 6. The minimum Gasteiger partial charge on any atom is -0.295 e. The molecular weight excluding hydrogens is 651 g/mol. The maximum atomic E-state index is 14.4. The van der Waals surface area contributed by atoms with Crippen LogP contribution in [0.1, 0.15) is 0 Å². The third-order valence-electron chi connectivity index (χ3n) is 9.19. The molecule has 0 spiro atoms. The molecular formula is C44H28F2N6. The van der Waals surface area contributed by atoms with Crippen molar-refractivity contribution >= 4 is 43.9 Å². The average Bonchev–Trinajstić information content (AvgIpc) is 3.84. The summed E-state index contributed by atoms with van der Waals surface area (Å²) in [7, 11) is 0. The van der Waals surface area contributed by atoms with Gasteiger partial charge in [-0.25, -0.2) is 18.7 Å². The molecule has 0 bridgehead atoms. The molecule has 0 saturated carbocycles. The van der Waals surface area contributed by atoms with E-state index in [0.29, 0.717) is 11.4 Å². The van der Waals surface area contributed by atoms with Crippen molar-refractivity contribution < 1.29 is 8.78 Å². The first kappa shape index (κ1) is 31.0. The van der Waals surface area contributed by atoms with Gasteiger partial charge in [0, 0.05) is 10.8 Å². The van der Waals surface area contributed by atoms with Crippen LogP contribution in [0.5, 0.6) is 0 Å². The van der Waals surface area contributed by atoms with Gasteiger partial charge in [-0.2, -0.15) is 0 Å². The number of aromatic nitrogens is 6. The summed E-state index contributed by atoms with van der Waals surface area (Å²) in [4.78, 5) is 17.9. The van der Waals surface area contributed by atoms with Crippen LogP contribution in [0.4, 0.5) is 8.78 Å². The molecule has 4 aromatic heterocycles. The number of pyridine rings is 2. The SMILES string of the molecule is Fc1ccccc1-n1cnc2cnc3ccc(-c4ccccc4)cc3c21.Fc1ccccc1-n1cnc2cnc3ccc(-c4ccccc4)cc3c21. The molecule has 4 heterocycles. The van der Waals surface area contributed by atoms with E-state index >= 15 is 0 Å². The van der Waals surface area contributed by atoms with Gasteiger partial charge in [-0.1, -0.05) is 97.1 Å². The van der Waals surface area contributed by atoms with Crippen LogP contribution in [-0.2, 0) is 0 Å². The smallest absolute Gasteiger partial charge is 0.147 e. The summed E-state index contributed by atoms with van der Waals surface area (Å²) in [5.41, 5.74) is 10.3. The number of imidazole rings is 2. The minimum absolute atomic E-state index is 0.282. The summed E-state index contributed by atoms with van der Waals surface area (Å²) >= 11 is 0. The lowest BCUT2D eigenvalue weighted by atomic mass is 10.0. The van der Waals surface area contributed by atoms with Crippen LogP contribution in [0.25, 0.3) is 77.5 Å². The van der Waals surface area contributed by atoms with Gasteiger partial charge in [0.1, 0.15) is 35.3 Å². The Morgan fingerprint density at radius 3 is 1.19 bits per heavy atom. The maximum absolute atomic E-state index is 14.4. The summed E-state index contributed by atoms with van der Waals surface area (Å²) < 4.78 is 32.3. The first-order valence-corrected chi connectivity index (χ1v) is 16.7. The monoisotopic (exact) mass is 678 g/mol. The molecule has 0 aliphatic carbocycles. The number of para-hydroxylation sites is 2. The van der Waals surface area contributed by atoms with Crippen molar-refractivity contribution in [2.75, 3.05) is 0 Å². The molecule has 0 amide bonds. The Morgan fingerprint density at radius 1 is 0.365 bits per heavy atom. The fourth-order valence-electron chi connectivity index (χ4n) is 6.67. The number of halogens is 2. The molecule has 0 unspecified atom stereocenters. The van der Waals surface area contributed by atoms with Gasteiger partial charge in [0.05, 0.1) is 45.8 Å². The fourth-order valence-corrected chi connectivity index (χ4v) is 6.67. The van der Waals surface area contributed by atoms with Crippen LogP contribution in [0.15, 0.2) is 171 Å². The largest absolute Gasteiger partial charge is 0.295 e. The Kier molecular flexibility index (Phi) is 7.74. The Morgan fingerprint density at radius 2 is 0.769 bits per heavy atom. The summed E-state index contributed by atoms with van der Waals surface area (Å²) in [6.45, 7) is 0. The molecule has 0 aliphatic heterocycles. The Labute approximate surface area is 296 Å². The second-order valence-electron chi connectivity index (χ2n) is 12.3. The summed E-state index contributed by atoms with van der Waals surface area (Å²) in [6, 6.07) is 46.1. The number of fused-ring (bicyclic) bond motifs is 6. The third kappa shape index (κ3) is 5.52. The van der Waals surface area contributed by atoms with Gasteiger partial charge in [-0.3, -0.25) is 19.1 Å². The van der Waals surface area contributed by atoms with Crippen molar-refractivity contribution in [2.45, 2.75) is 0 Å². The van der Waals surface area contributed by atoms with E-state index in [9.17, 15) is 8.78 Å². The minimum atomic E-state index is -0.282. The van der Waals surface area contributed by atoms with Crippen LogP contribution >= 0.6 is 0 Å². The molecule has 0 atom stereocenters. The zero-order valence-electron chi connectivity index (χ0n) is 27.6. The van der Waals surface area contributed by atoms with Gasteiger partial charge in [0.25, 0.3) is 0 Å². The van der Waals surface area contributed by atoms with Crippen LogP contribution in [-0.4, -0.2) is 29.1 Å². The van der Waals surface area contributed by atoms with Crippen LogP contribution in [0.3, 0.4) is 0 Å². The van der Waals surface area contributed by atoms with Crippen LogP contribution in [0.2, 0.25) is 0 Å². The standard InChI is InChI=1S/2C22H14FN3/c2*23-18-8-4-5-9-21(18)26-14-25-20-13-24-19-11-10-16(12-17(19)22(20)26)15-6-2-1-3-7-15/h2*1-14H. The Bertz CT molecular complexity index is 2680. The van der Waals surface area contributed by atoms with Crippen LogP contribution < -0.4 is 0 Å². The molecule has 6 aromatic carbocycles. The van der Waals surface area contributed by atoms with Crippen molar-refractivity contribution in [1.82, 2.24) is 29.1 Å². The van der Waals surface area contributed by atoms with Gasteiger partial charge >= 0.3 is 0 Å². The molecule has 8 heteroatoms. The fraction of sp³-hybridized carbons (Fsp3) is 0. The Balaban J connectivity index is 0.000000138. The summed E-state index contributed by atoms with van der Waals surface area (Å²) in [6.07, 6.45) is 6.77. The number of benzene rings is 6. The molecule has 0 saturated heterocycles. The van der Waals surface area contributed by atoms with E-state index in [4.69, 9.17) is 0 Å². The quantitative estimate of drug-likeness (QED) is 0.186. The van der Waals surface area contributed by atoms with Crippen molar-refractivity contribution in [2.24, 2.45) is 0 Å². The van der Waals surface area contributed by atoms with Crippen molar-refractivity contribution in [3.63, 3.8) is 0 Å². The van der Waals surface area contributed by atoms with Gasteiger partial charge in [0.2, 0.25) is 0 Å². The lowest BCUT2D eigenvalue weighted by Crippen LogP contribution is -1.96. The number of hydrogen-bond donors (Lipinski definition) is 0. The molecule has 6 nitrogen and oxygen atoms in total. The maximum Gasteiger partial charge on any atom is 0.147 e. The normalized spacial score (nSPS) is 11.3. The van der Waals surface area contributed by atoms with E-state index < -0.39 is 0 Å². The average molecular weight is 679 g/mol. The first-order valence-electron chi connectivity index (χ1n) is 16.7. The van der Waals surface area contributed by atoms with Gasteiger partial charge in [-0.05, 0) is 70.8 Å². The second kappa shape index (κ2) is 13.0. The highest BCUT2D eigenvalue weighted by Crippen LogP contribution is 2.32. The lowest BCUT2D eigenvalue weighted by molar-refractivity contribution is 0.619. The van der Waals surface area contributed by atoms with Gasteiger partial charge in [0.15, 0.2) is 0 Å². The molecule has 0 fully saturated rings. The van der Waals surface area contributed by atoms with Crippen molar-refractivity contribution in [1.29, 1.82) is 0 Å². The topological polar surface area (TPSA) is 61.4 Å². The first-order chi connectivity index (χ1) is 25.6. The number of hydrogen-bond acceptors (Lipinski definition) is 4. The molecule has 10 rings (SSSR count). The van der Waals surface area contributed by atoms with E-state index in [-0.39, 0.29) is 11.6 Å².